The lowest BCUT2D eigenvalue weighted by atomic mass is 9.80. The van der Waals surface area contributed by atoms with Gasteiger partial charge in [0.15, 0.2) is 0 Å². The number of nitrogens with two attached hydrogens (primary N) is 1. The Hall–Kier alpha value is -2.38. The van der Waals surface area contributed by atoms with Gasteiger partial charge >= 0.3 is 0 Å². The monoisotopic (exact) mass is 286 g/mol. The predicted octanol–water partition coefficient (Wildman–Crippen LogP) is 4.13. The van der Waals surface area contributed by atoms with Gasteiger partial charge in [0.1, 0.15) is 0 Å². The number of hydrogen-bond donors (Lipinski definition) is 1. The van der Waals surface area contributed by atoms with Crippen LogP contribution in [0.2, 0.25) is 0 Å². The van der Waals surface area contributed by atoms with E-state index < -0.39 is 5.54 Å². The maximum Gasteiger partial charge on any atom is 0.0491 e. The van der Waals surface area contributed by atoms with Crippen LogP contribution >= 0.6 is 0 Å². The lowest BCUT2D eigenvalue weighted by Crippen LogP contribution is -2.41. The number of rotatable bonds is 5. The van der Waals surface area contributed by atoms with E-state index in [2.05, 4.69) is 66.7 Å². The summed E-state index contributed by atoms with van der Waals surface area (Å²) in [7, 11) is 0. The molecule has 0 bridgehead atoms. The number of hydrogen-bond acceptors (Lipinski definition) is 1. The first-order valence-electron chi connectivity index (χ1n) is 7.60. The van der Waals surface area contributed by atoms with E-state index in [9.17, 15) is 0 Å². The van der Waals surface area contributed by atoms with Crippen molar-refractivity contribution in [3.05, 3.63) is 108 Å². The summed E-state index contributed by atoms with van der Waals surface area (Å²) in [5.74, 6) is 0. The van der Waals surface area contributed by atoms with Crippen molar-refractivity contribution in [3.63, 3.8) is 0 Å². The average Bonchev–Trinajstić information content (AvgIpc) is 2.57. The van der Waals surface area contributed by atoms with Crippen LogP contribution < -0.4 is 5.73 Å². The summed E-state index contributed by atoms with van der Waals surface area (Å²) in [5.41, 5.74) is 10.1. The highest BCUT2D eigenvalue weighted by molar-refractivity contribution is 5.31. The Kier molecular flexibility index (Phi) is 4.36. The maximum absolute atomic E-state index is 6.87. The summed E-state index contributed by atoms with van der Waals surface area (Å²) < 4.78 is 0. The highest BCUT2D eigenvalue weighted by Crippen LogP contribution is 2.27. The first-order valence-corrected chi connectivity index (χ1v) is 7.60. The fraction of sp³-hybridized carbons (Fsp3) is 0.143. The molecule has 0 heterocycles. The van der Waals surface area contributed by atoms with Gasteiger partial charge in [-0.2, -0.15) is 0 Å². The van der Waals surface area contributed by atoms with Crippen LogP contribution in [0.15, 0.2) is 84.9 Å². The molecule has 0 spiro atoms. The van der Waals surface area contributed by atoms with Gasteiger partial charge in [-0.05, 0) is 35.6 Å². The first kappa shape index (κ1) is 14.6. The van der Waals surface area contributed by atoms with Gasteiger partial charge in [0, 0.05) is 5.54 Å². The summed E-state index contributed by atoms with van der Waals surface area (Å²) in [6.45, 7) is 0. The summed E-state index contributed by atoms with van der Waals surface area (Å²) >= 11 is 0. The quantitative estimate of drug-likeness (QED) is 0.750. The summed E-state index contributed by atoms with van der Waals surface area (Å²) in [5, 5.41) is 0. The van der Waals surface area contributed by atoms with E-state index in [-0.39, 0.29) is 0 Å². The molecule has 0 saturated carbocycles. The fourth-order valence-corrected chi connectivity index (χ4v) is 2.91. The van der Waals surface area contributed by atoms with Crippen LogP contribution in [0.4, 0.5) is 0 Å². The van der Waals surface area contributed by atoms with Crippen molar-refractivity contribution in [2.75, 3.05) is 0 Å². The largest absolute Gasteiger partial charge is 0.321 e. The van der Waals surface area contributed by atoms with Gasteiger partial charge in [0.2, 0.25) is 0 Å². The van der Waals surface area contributed by atoms with Crippen LogP contribution in [0.3, 0.4) is 0 Å². The van der Waals surface area contributed by atoms with Crippen LogP contribution in [0, 0.1) is 6.07 Å². The normalized spacial score (nSPS) is 11.3. The topological polar surface area (TPSA) is 26.0 Å². The molecule has 1 nitrogen and oxygen atoms in total. The highest BCUT2D eigenvalue weighted by Gasteiger charge is 2.27. The smallest absolute Gasteiger partial charge is 0.0491 e. The molecule has 109 valence electrons. The van der Waals surface area contributed by atoms with E-state index >= 15 is 0 Å². The van der Waals surface area contributed by atoms with Crippen LogP contribution in [-0.2, 0) is 18.4 Å². The lowest BCUT2D eigenvalue weighted by Gasteiger charge is -2.31. The molecular formula is C21H20N. The molecule has 0 saturated heterocycles. The minimum absolute atomic E-state index is 0.419. The molecule has 0 fully saturated rings. The van der Waals surface area contributed by atoms with Gasteiger partial charge in [-0.1, -0.05) is 84.9 Å². The highest BCUT2D eigenvalue weighted by atomic mass is 14.7. The zero-order valence-electron chi connectivity index (χ0n) is 12.6. The third-order valence-corrected chi connectivity index (χ3v) is 4.02. The molecule has 0 amide bonds. The van der Waals surface area contributed by atoms with Gasteiger partial charge in [-0.25, -0.2) is 0 Å². The fourth-order valence-electron chi connectivity index (χ4n) is 2.91. The predicted molar refractivity (Wildman–Crippen MR) is 91.4 cm³/mol. The Bertz CT molecular complexity index is 648. The van der Waals surface area contributed by atoms with Gasteiger partial charge in [0.05, 0.1) is 0 Å². The zero-order valence-corrected chi connectivity index (χ0v) is 12.6. The van der Waals surface area contributed by atoms with Gasteiger partial charge in [-0.3, -0.25) is 0 Å². The molecule has 0 aliphatic rings. The molecule has 2 N–H and O–H groups in total. The molecule has 3 aromatic rings. The number of benzene rings is 3. The Morgan fingerprint density at radius 3 is 1.59 bits per heavy atom. The lowest BCUT2D eigenvalue weighted by molar-refractivity contribution is 0.437. The molecule has 0 unspecified atom stereocenters. The van der Waals surface area contributed by atoms with Crippen molar-refractivity contribution in [3.8, 4) is 0 Å². The second-order valence-corrected chi connectivity index (χ2v) is 5.77. The molecule has 0 aromatic heterocycles. The molecule has 1 heteroatoms. The molecule has 1 radical (unpaired) electrons. The SMILES string of the molecule is NC(Cc1ccccc1)(Cc1ccccc1)c1cc[c]cc1. The third kappa shape index (κ3) is 3.44. The van der Waals surface area contributed by atoms with E-state index in [0.717, 1.165) is 18.4 Å². The molecule has 3 aromatic carbocycles. The Balaban J connectivity index is 1.95. The molecule has 0 aliphatic carbocycles. The second kappa shape index (κ2) is 6.59. The minimum atomic E-state index is -0.419. The van der Waals surface area contributed by atoms with E-state index in [1.807, 2.05) is 24.3 Å². The minimum Gasteiger partial charge on any atom is -0.321 e. The standard InChI is InChI=1S/C21H20N/c22-21(20-14-8-3-9-15-20,16-18-10-4-1-5-11-18)17-19-12-6-2-7-13-19/h1-2,4-15H,16-17,22H2. The van der Waals surface area contributed by atoms with E-state index in [0.29, 0.717) is 0 Å². The van der Waals surface area contributed by atoms with Crippen LogP contribution in [0.25, 0.3) is 0 Å². The van der Waals surface area contributed by atoms with Crippen molar-refractivity contribution in [1.82, 2.24) is 0 Å². The van der Waals surface area contributed by atoms with Gasteiger partial charge in [-0.15, -0.1) is 0 Å². The second-order valence-electron chi connectivity index (χ2n) is 5.77. The van der Waals surface area contributed by atoms with E-state index in [1.54, 1.807) is 0 Å². The van der Waals surface area contributed by atoms with E-state index in [4.69, 9.17) is 5.73 Å². The van der Waals surface area contributed by atoms with Crippen LogP contribution in [0.5, 0.6) is 0 Å². The molecule has 0 aliphatic heterocycles. The van der Waals surface area contributed by atoms with Crippen LogP contribution in [-0.4, -0.2) is 0 Å². The van der Waals surface area contributed by atoms with Crippen molar-refractivity contribution >= 4 is 0 Å². The van der Waals surface area contributed by atoms with Crippen molar-refractivity contribution in [2.24, 2.45) is 5.73 Å². The van der Waals surface area contributed by atoms with Crippen molar-refractivity contribution in [1.29, 1.82) is 0 Å². The Morgan fingerprint density at radius 1 is 0.682 bits per heavy atom. The third-order valence-electron chi connectivity index (χ3n) is 4.02. The average molecular weight is 286 g/mol. The van der Waals surface area contributed by atoms with Crippen molar-refractivity contribution < 1.29 is 0 Å². The summed E-state index contributed by atoms with van der Waals surface area (Å²) in [6.07, 6.45) is 1.62. The zero-order chi connectivity index (χ0) is 15.3. The first-order chi connectivity index (χ1) is 10.8. The summed E-state index contributed by atoms with van der Waals surface area (Å²) in [6, 6.07) is 32.0. The van der Waals surface area contributed by atoms with Gasteiger partial charge in [0.25, 0.3) is 0 Å². The van der Waals surface area contributed by atoms with Gasteiger partial charge < -0.3 is 5.73 Å². The van der Waals surface area contributed by atoms with Crippen molar-refractivity contribution in [2.45, 2.75) is 18.4 Å². The van der Waals surface area contributed by atoms with E-state index in [1.165, 1.54) is 11.1 Å². The molecule has 0 atom stereocenters. The molecule has 22 heavy (non-hydrogen) atoms. The summed E-state index contributed by atoms with van der Waals surface area (Å²) in [4.78, 5) is 0. The Morgan fingerprint density at radius 2 is 1.14 bits per heavy atom. The Labute approximate surface area is 132 Å². The molecular weight excluding hydrogens is 266 g/mol. The molecule has 3 rings (SSSR count). The maximum atomic E-state index is 6.87. The van der Waals surface area contributed by atoms with Crippen LogP contribution in [0.1, 0.15) is 16.7 Å².